The molecule has 0 atom stereocenters. The predicted molar refractivity (Wildman–Crippen MR) is 63.2 cm³/mol. The van der Waals surface area contributed by atoms with Gasteiger partial charge < -0.3 is 4.42 Å². The molecule has 0 aliphatic carbocycles. The van der Waals surface area contributed by atoms with Crippen molar-refractivity contribution in [3.8, 4) is 0 Å². The van der Waals surface area contributed by atoms with Gasteiger partial charge in [-0.2, -0.15) is 0 Å². The first-order valence-corrected chi connectivity index (χ1v) is 4.88. The average Bonchev–Trinajstić information content (AvgIpc) is 2.79. The molecule has 1 aromatic carbocycles. The van der Waals surface area contributed by atoms with E-state index in [9.17, 15) is 0 Å². The van der Waals surface area contributed by atoms with E-state index in [1.165, 1.54) is 5.56 Å². The van der Waals surface area contributed by atoms with Crippen molar-refractivity contribution in [2.24, 2.45) is 0 Å². The second-order valence-corrected chi connectivity index (χ2v) is 3.14. The van der Waals surface area contributed by atoms with Crippen molar-refractivity contribution >= 4 is 12.2 Å². The zero-order chi connectivity index (χ0) is 10.3. The van der Waals surface area contributed by atoms with Crippen LogP contribution in [0.15, 0.2) is 65.3 Å². The molecule has 15 heavy (non-hydrogen) atoms. The van der Waals surface area contributed by atoms with Gasteiger partial charge in [-0.25, -0.2) is 0 Å². The molecule has 0 radical (unpaired) electrons. The van der Waals surface area contributed by atoms with Gasteiger partial charge in [-0.15, -0.1) is 0 Å². The molecule has 0 N–H and O–H groups in total. The van der Waals surface area contributed by atoms with Gasteiger partial charge in [0.1, 0.15) is 5.76 Å². The molecule has 0 saturated carbocycles. The molecule has 0 spiro atoms. The van der Waals surface area contributed by atoms with Crippen LogP contribution in [-0.2, 0) is 0 Å². The molecule has 1 nitrogen and oxygen atoms in total. The maximum absolute atomic E-state index is 5.17. The fourth-order valence-corrected chi connectivity index (χ4v) is 1.27. The Balaban J connectivity index is 1.96. The van der Waals surface area contributed by atoms with Crippen molar-refractivity contribution in [3.63, 3.8) is 0 Å². The zero-order valence-corrected chi connectivity index (χ0v) is 8.34. The van der Waals surface area contributed by atoms with Crippen LogP contribution in [-0.4, -0.2) is 0 Å². The van der Waals surface area contributed by atoms with Crippen LogP contribution in [0.1, 0.15) is 11.3 Å². The topological polar surface area (TPSA) is 13.1 Å². The van der Waals surface area contributed by atoms with Gasteiger partial charge in [0.05, 0.1) is 6.26 Å². The summed E-state index contributed by atoms with van der Waals surface area (Å²) in [6.07, 6.45) is 9.61. The van der Waals surface area contributed by atoms with Gasteiger partial charge in [-0.05, 0) is 23.8 Å². The Morgan fingerprint density at radius 1 is 0.800 bits per heavy atom. The Morgan fingerprint density at radius 2 is 1.60 bits per heavy atom. The van der Waals surface area contributed by atoms with Crippen molar-refractivity contribution in [1.29, 1.82) is 0 Å². The Labute approximate surface area is 89.4 Å². The lowest BCUT2D eigenvalue weighted by Gasteiger charge is -1.88. The van der Waals surface area contributed by atoms with E-state index in [0.717, 1.165) is 5.76 Å². The predicted octanol–water partition coefficient (Wildman–Crippen LogP) is 4.01. The van der Waals surface area contributed by atoms with E-state index in [4.69, 9.17) is 4.42 Å². The molecule has 0 aliphatic rings. The largest absolute Gasteiger partial charge is 0.465 e. The van der Waals surface area contributed by atoms with E-state index < -0.39 is 0 Å². The first-order valence-electron chi connectivity index (χ1n) is 4.88. The lowest BCUT2D eigenvalue weighted by atomic mass is 10.2. The van der Waals surface area contributed by atoms with Crippen molar-refractivity contribution in [1.82, 2.24) is 0 Å². The molecule has 0 saturated heterocycles. The van der Waals surface area contributed by atoms with E-state index in [2.05, 4.69) is 18.2 Å². The van der Waals surface area contributed by atoms with Gasteiger partial charge in [0.15, 0.2) is 0 Å². The van der Waals surface area contributed by atoms with Crippen LogP contribution in [0.3, 0.4) is 0 Å². The van der Waals surface area contributed by atoms with Crippen LogP contribution >= 0.6 is 0 Å². The quantitative estimate of drug-likeness (QED) is 0.676. The third kappa shape index (κ3) is 2.99. The minimum Gasteiger partial charge on any atom is -0.465 e. The molecule has 1 heteroatoms. The molecule has 0 bridgehead atoms. The summed E-state index contributed by atoms with van der Waals surface area (Å²) >= 11 is 0. The number of rotatable bonds is 3. The van der Waals surface area contributed by atoms with E-state index in [-0.39, 0.29) is 0 Å². The SMILES string of the molecule is C(/C=C/c1ccco1)=C\c1ccccc1. The van der Waals surface area contributed by atoms with Crippen molar-refractivity contribution in [3.05, 3.63) is 72.2 Å². The first-order chi connectivity index (χ1) is 7.45. The van der Waals surface area contributed by atoms with Gasteiger partial charge in [-0.1, -0.05) is 48.6 Å². The minimum absolute atomic E-state index is 0.868. The molecular formula is C14H12O. The Kier molecular flexibility index (Phi) is 3.18. The van der Waals surface area contributed by atoms with Gasteiger partial charge >= 0.3 is 0 Å². The highest BCUT2D eigenvalue weighted by Crippen LogP contribution is 2.04. The van der Waals surface area contributed by atoms with Gasteiger partial charge in [0.25, 0.3) is 0 Å². The van der Waals surface area contributed by atoms with Gasteiger partial charge in [0.2, 0.25) is 0 Å². The molecule has 1 aromatic heterocycles. The molecule has 74 valence electrons. The summed E-state index contributed by atoms with van der Waals surface area (Å²) in [6, 6.07) is 14.0. The molecule has 0 amide bonds. The van der Waals surface area contributed by atoms with Crippen molar-refractivity contribution in [2.75, 3.05) is 0 Å². The fraction of sp³-hybridized carbons (Fsp3) is 0. The second kappa shape index (κ2) is 5.01. The van der Waals surface area contributed by atoms with Crippen LogP contribution in [0, 0.1) is 0 Å². The maximum Gasteiger partial charge on any atom is 0.126 e. The third-order valence-electron chi connectivity index (χ3n) is 2.00. The maximum atomic E-state index is 5.17. The van der Waals surface area contributed by atoms with E-state index in [1.807, 2.05) is 48.6 Å². The lowest BCUT2D eigenvalue weighted by Crippen LogP contribution is -1.66. The second-order valence-electron chi connectivity index (χ2n) is 3.14. The van der Waals surface area contributed by atoms with Crippen LogP contribution in [0.5, 0.6) is 0 Å². The van der Waals surface area contributed by atoms with Gasteiger partial charge in [-0.3, -0.25) is 0 Å². The monoisotopic (exact) mass is 196 g/mol. The number of allylic oxidation sites excluding steroid dienone is 2. The number of furan rings is 1. The fourth-order valence-electron chi connectivity index (χ4n) is 1.27. The third-order valence-corrected chi connectivity index (χ3v) is 2.00. The van der Waals surface area contributed by atoms with Crippen LogP contribution in [0.4, 0.5) is 0 Å². The van der Waals surface area contributed by atoms with Crippen LogP contribution in [0.2, 0.25) is 0 Å². The smallest absolute Gasteiger partial charge is 0.126 e. The minimum atomic E-state index is 0.868. The summed E-state index contributed by atoms with van der Waals surface area (Å²) in [7, 11) is 0. The van der Waals surface area contributed by atoms with Crippen LogP contribution < -0.4 is 0 Å². The highest BCUT2D eigenvalue weighted by Gasteiger charge is 1.84. The molecular weight excluding hydrogens is 184 g/mol. The molecule has 0 aliphatic heterocycles. The summed E-state index contributed by atoms with van der Waals surface area (Å²) in [5, 5.41) is 0. The Hall–Kier alpha value is -2.02. The summed E-state index contributed by atoms with van der Waals surface area (Å²) < 4.78 is 5.17. The standard InChI is InChI=1S/C14H12O/c1-2-7-13(8-3-1)9-4-5-10-14-11-6-12-15-14/h1-12H/b9-4+,10-5+. The van der Waals surface area contributed by atoms with Gasteiger partial charge in [0, 0.05) is 0 Å². The Morgan fingerprint density at radius 3 is 2.33 bits per heavy atom. The molecule has 2 aromatic rings. The zero-order valence-electron chi connectivity index (χ0n) is 8.34. The number of benzene rings is 1. The highest BCUT2D eigenvalue weighted by atomic mass is 16.3. The Bertz CT molecular complexity index is 435. The molecule has 0 fully saturated rings. The molecule has 1 heterocycles. The molecule has 0 unspecified atom stereocenters. The van der Waals surface area contributed by atoms with Crippen LogP contribution in [0.25, 0.3) is 12.2 Å². The molecule has 2 rings (SSSR count). The normalized spacial score (nSPS) is 11.5. The number of hydrogen-bond donors (Lipinski definition) is 0. The van der Waals surface area contributed by atoms with E-state index in [1.54, 1.807) is 6.26 Å². The summed E-state index contributed by atoms with van der Waals surface area (Å²) in [5.41, 5.74) is 1.20. The highest BCUT2D eigenvalue weighted by molar-refractivity contribution is 5.54. The summed E-state index contributed by atoms with van der Waals surface area (Å²) in [5.74, 6) is 0.868. The van der Waals surface area contributed by atoms with Crippen molar-refractivity contribution < 1.29 is 4.42 Å². The number of hydrogen-bond acceptors (Lipinski definition) is 1. The summed E-state index contributed by atoms with van der Waals surface area (Å²) in [6.45, 7) is 0. The lowest BCUT2D eigenvalue weighted by molar-refractivity contribution is 0.557. The van der Waals surface area contributed by atoms with Crippen molar-refractivity contribution in [2.45, 2.75) is 0 Å². The summed E-state index contributed by atoms with van der Waals surface area (Å²) in [4.78, 5) is 0. The van der Waals surface area contributed by atoms with E-state index in [0.29, 0.717) is 0 Å². The first kappa shape index (κ1) is 9.53. The van der Waals surface area contributed by atoms with E-state index >= 15 is 0 Å². The average molecular weight is 196 g/mol.